The number of piperazine rings is 1. The van der Waals surface area contributed by atoms with Crippen LogP contribution in [0.3, 0.4) is 0 Å². The van der Waals surface area contributed by atoms with Crippen molar-refractivity contribution in [3.05, 3.63) is 36.7 Å². The van der Waals surface area contributed by atoms with Gasteiger partial charge in [0, 0.05) is 70.9 Å². The SMILES string of the molecule is C=CCCCCCCCCC(=O)OCC(COC(=O)CCCCCCCCCCCCCCCCC)OC(=O)CCCCCCCCCCCCCCCC(C)n1cc(CCC(=O)N2CCN(C(=O)CCCCCCC/C=C\CCCCCCC(C)O[C@@H]3O[C@H](CO)[C@@H](O)[C@H](O)[C@H]3O[C@@H]3O[C@H](CO)[C@@H](O)[C@H](O)[C@H]3O)CC2)nn1. The van der Waals surface area contributed by atoms with Crippen LogP contribution in [0, 0.1) is 0 Å². The van der Waals surface area contributed by atoms with Crippen molar-refractivity contribution in [2.45, 2.75) is 447 Å². The van der Waals surface area contributed by atoms with Crippen LogP contribution in [-0.2, 0) is 63.6 Å². The number of aryl methyl sites for hydroxylation is 1. The van der Waals surface area contributed by atoms with Gasteiger partial charge in [-0.25, -0.2) is 4.68 Å². The van der Waals surface area contributed by atoms with Crippen molar-refractivity contribution in [1.82, 2.24) is 24.8 Å². The van der Waals surface area contributed by atoms with Crippen LogP contribution in [0.4, 0.5) is 0 Å². The molecule has 4 heterocycles. The van der Waals surface area contributed by atoms with Crippen LogP contribution in [0.2, 0.25) is 0 Å². The van der Waals surface area contributed by atoms with Gasteiger partial charge in [-0.2, -0.15) is 0 Å². The predicted molar refractivity (Wildman–Crippen MR) is 440 cm³/mol. The van der Waals surface area contributed by atoms with Crippen LogP contribution >= 0.6 is 0 Å². The summed E-state index contributed by atoms with van der Waals surface area (Å²) >= 11 is 0. The number of nitrogens with zero attached hydrogens (tertiary/aromatic N) is 5. The van der Waals surface area contributed by atoms with Crippen molar-refractivity contribution in [2.75, 3.05) is 52.6 Å². The summed E-state index contributed by atoms with van der Waals surface area (Å²) in [5.74, 6) is -0.694. The van der Waals surface area contributed by atoms with E-state index in [1.807, 2.05) is 33.7 Å². The molecule has 3 fully saturated rings. The lowest BCUT2D eigenvalue weighted by molar-refractivity contribution is -0.371. The monoisotopic (exact) mass is 1600 g/mol. The first-order valence-electron chi connectivity index (χ1n) is 45.5. The number of aliphatic hydroxyl groups excluding tert-OH is 7. The molecule has 3 aliphatic rings. The lowest BCUT2D eigenvalue weighted by Crippen LogP contribution is -2.64. The van der Waals surface area contributed by atoms with Gasteiger partial charge in [-0.05, 0) is 90.9 Å². The minimum atomic E-state index is -1.73. The molecule has 3 saturated heterocycles. The average molecular weight is 1600 g/mol. The molecule has 0 spiro atoms. The second kappa shape index (κ2) is 65.5. The maximum absolute atomic E-state index is 13.2. The van der Waals surface area contributed by atoms with Crippen LogP contribution in [0.15, 0.2) is 31.0 Å². The number of hydrogen-bond acceptors (Lipinski definition) is 21. The van der Waals surface area contributed by atoms with Gasteiger partial charge in [0.25, 0.3) is 0 Å². The summed E-state index contributed by atoms with van der Waals surface area (Å²) in [5, 5.41) is 80.5. The number of carbonyl (C=O) groups is 5. The molecule has 0 aliphatic carbocycles. The molecule has 0 saturated carbocycles. The molecule has 13 atom stereocenters. The van der Waals surface area contributed by atoms with E-state index < -0.39 is 80.7 Å². The summed E-state index contributed by atoms with van der Waals surface area (Å²) in [6, 6.07) is 0.240. The van der Waals surface area contributed by atoms with E-state index in [-0.39, 0.29) is 61.5 Å². The highest BCUT2D eigenvalue weighted by Gasteiger charge is 2.51. The first kappa shape index (κ1) is 101. The van der Waals surface area contributed by atoms with Crippen LogP contribution in [0.25, 0.3) is 0 Å². The molecule has 654 valence electrons. The number of carbonyl (C=O) groups excluding carboxylic acids is 5. The lowest BCUT2D eigenvalue weighted by atomic mass is 9.97. The predicted octanol–water partition coefficient (Wildman–Crippen LogP) is 15.5. The second-order valence-corrected chi connectivity index (χ2v) is 32.8. The lowest BCUT2D eigenvalue weighted by Gasteiger charge is -2.46. The number of aromatic nitrogens is 3. The van der Waals surface area contributed by atoms with E-state index >= 15 is 0 Å². The zero-order valence-corrected chi connectivity index (χ0v) is 70.6. The Morgan fingerprint density at radius 2 is 0.858 bits per heavy atom. The molecular formula is C89H159N5O19. The molecule has 3 unspecified atom stereocenters. The number of esters is 3. The highest BCUT2D eigenvalue weighted by atomic mass is 16.8. The number of rotatable bonds is 71. The molecule has 0 aromatic carbocycles. The van der Waals surface area contributed by atoms with Crippen molar-refractivity contribution in [3.8, 4) is 0 Å². The maximum atomic E-state index is 13.2. The normalized spacial score (nSPS) is 21.5. The third-order valence-corrected chi connectivity index (χ3v) is 22.8. The molecule has 1 aromatic rings. The van der Waals surface area contributed by atoms with Gasteiger partial charge in [0.2, 0.25) is 11.8 Å². The quantitative estimate of drug-likeness (QED) is 0.0138. The van der Waals surface area contributed by atoms with Gasteiger partial charge in [0.05, 0.1) is 31.1 Å². The fourth-order valence-corrected chi connectivity index (χ4v) is 15.3. The van der Waals surface area contributed by atoms with Gasteiger partial charge < -0.3 is 78.7 Å². The van der Waals surface area contributed by atoms with Crippen LogP contribution in [0.1, 0.15) is 373 Å². The van der Waals surface area contributed by atoms with Crippen LogP contribution in [0.5, 0.6) is 0 Å². The van der Waals surface area contributed by atoms with Crippen LogP contribution in [-0.4, -0.2) is 216 Å². The molecule has 4 rings (SSSR count). The summed E-state index contributed by atoms with van der Waals surface area (Å²) in [5.41, 5.74) is 0.830. The van der Waals surface area contributed by atoms with Gasteiger partial charge in [-0.15, -0.1) is 11.7 Å². The van der Waals surface area contributed by atoms with E-state index in [0.717, 1.165) is 173 Å². The second-order valence-electron chi connectivity index (χ2n) is 32.8. The first-order valence-corrected chi connectivity index (χ1v) is 45.5. The van der Waals surface area contributed by atoms with Gasteiger partial charge in [0.1, 0.15) is 62.0 Å². The highest BCUT2D eigenvalue weighted by molar-refractivity contribution is 5.78. The molecule has 1 aromatic heterocycles. The third-order valence-electron chi connectivity index (χ3n) is 22.8. The fourth-order valence-electron chi connectivity index (χ4n) is 15.3. The number of hydrogen-bond donors (Lipinski definition) is 7. The Morgan fingerprint density at radius 1 is 0.469 bits per heavy atom. The number of aliphatic hydroxyl groups is 7. The summed E-state index contributed by atoms with van der Waals surface area (Å²) in [6.45, 7) is 10.8. The molecule has 0 radical (unpaired) electrons. The van der Waals surface area contributed by atoms with E-state index in [1.54, 1.807) is 0 Å². The fraction of sp³-hybridized carbons (Fsp3) is 0.876. The number of allylic oxidation sites excluding steroid dienone is 3. The number of unbranched alkanes of at least 4 members (excludes halogenated alkanes) is 41. The molecule has 0 bridgehead atoms. The molecule has 3 aliphatic heterocycles. The Labute approximate surface area is 680 Å². The zero-order chi connectivity index (χ0) is 81.7. The summed E-state index contributed by atoms with van der Waals surface area (Å²) in [7, 11) is 0. The number of ether oxygens (including phenoxy) is 7. The maximum Gasteiger partial charge on any atom is 0.306 e. The van der Waals surface area contributed by atoms with Crippen molar-refractivity contribution < 1.29 is 92.9 Å². The van der Waals surface area contributed by atoms with E-state index in [0.29, 0.717) is 64.7 Å². The molecule has 2 amide bonds. The van der Waals surface area contributed by atoms with Crippen molar-refractivity contribution >= 4 is 29.7 Å². The van der Waals surface area contributed by atoms with Gasteiger partial charge in [-0.3, -0.25) is 24.0 Å². The largest absolute Gasteiger partial charge is 0.462 e. The highest BCUT2D eigenvalue weighted by Crippen LogP contribution is 2.32. The summed E-state index contributed by atoms with van der Waals surface area (Å²) in [6.07, 6.45) is 48.8. The van der Waals surface area contributed by atoms with Gasteiger partial charge in [-0.1, -0.05) is 262 Å². The number of amides is 2. The summed E-state index contributed by atoms with van der Waals surface area (Å²) in [4.78, 5) is 68.4. The van der Waals surface area contributed by atoms with E-state index in [9.17, 15) is 59.7 Å². The Hall–Kier alpha value is -4.47. The molecule has 24 nitrogen and oxygen atoms in total. The van der Waals surface area contributed by atoms with Crippen LogP contribution < -0.4 is 0 Å². The van der Waals surface area contributed by atoms with E-state index in [2.05, 4.69) is 42.9 Å². The van der Waals surface area contributed by atoms with Crippen molar-refractivity contribution in [2.24, 2.45) is 0 Å². The minimum Gasteiger partial charge on any atom is -0.462 e. The standard InChI is InChI=1S/C89H159N5O19/c1-5-7-9-11-13-15-16-17-18-24-29-34-40-46-52-58-80(100)108-70-74(69-107-79(99)57-51-45-39-14-12-10-8-6-2)110-81(101)59-53-47-41-35-30-25-19-21-26-31-36-42-48-54-71(3)94-66-73(90-91-94)60-61-78(98)93-64-62-92(63-65-93)77(97)56-50-44-38-33-28-23-20-22-27-32-37-43-49-55-72(4)109-89-87(85(105)83(103)76(68-96)112-89)113-88-86(106)84(104)82(102)75(67-95)111-88/h6,20,22,66,71-72,74-76,82-89,95-96,102-106H,2,5,7-19,21,23-65,67-70H2,1,3-4H3/b22-20-/t71?,72?,74?,75-,76-,82-,83-,84+,85+,86-,87-,88+,89-/m1/s1. The van der Waals surface area contributed by atoms with Gasteiger partial charge in [0.15, 0.2) is 18.7 Å². The van der Waals surface area contributed by atoms with Gasteiger partial charge >= 0.3 is 17.9 Å². The summed E-state index contributed by atoms with van der Waals surface area (Å²) < 4.78 is 41.9. The Balaban J connectivity index is 0.931. The molecule has 24 heteroatoms. The first-order chi connectivity index (χ1) is 55.0. The van der Waals surface area contributed by atoms with Crippen molar-refractivity contribution in [1.29, 1.82) is 0 Å². The Kier molecular flexibility index (Phi) is 58.4. The van der Waals surface area contributed by atoms with E-state index in [4.69, 9.17) is 33.2 Å². The average Bonchev–Trinajstić information content (AvgIpc) is 1.35. The molecular weight excluding hydrogens is 1440 g/mol. The minimum absolute atomic E-state index is 0.0929. The van der Waals surface area contributed by atoms with E-state index in [1.165, 1.54) is 135 Å². The Morgan fingerprint density at radius 3 is 1.32 bits per heavy atom. The smallest absolute Gasteiger partial charge is 0.306 e. The topological polar surface area (TPSA) is 329 Å². The third kappa shape index (κ3) is 46.5. The van der Waals surface area contributed by atoms with Crippen molar-refractivity contribution in [3.63, 3.8) is 0 Å². The molecule has 7 N–H and O–H groups in total. The molecule has 113 heavy (non-hydrogen) atoms. The zero-order valence-electron chi connectivity index (χ0n) is 70.6. The Bertz CT molecular complexity index is 2590.